The van der Waals surface area contributed by atoms with Gasteiger partial charge in [-0.25, -0.2) is 4.68 Å². The lowest BCUT2D eigenvalue weighted by Gasteiger charge is -2.12. The smallest absolute Gasteiger partial charge is 0.187 e. The van der Waals surface area contributed by atoms with Crippen LogP contribution in [-0.4, -0.2) is 33.9 Å². The second-order valence-electron chi connectivity index (χ2n) is 4.45. The average Bonchev–Trinajstić information content (AvgIpc) is 2.87. The van der Waals surface area contributed by atoms with Gasteiger partial charge in [-0.2, -0.15) is 0 Å². The summed E-state index contributed by atoms with van der Waals surface area (Å²) in [5.41, 5.74) is 0.655. The minimum absolute atomic E-state index is 0.0779. The highest BCUT2D eigenvalue weighted by atomic mass is 16.1. The van der Waals surface area contributed by atoms with E-state index in [2.05, 4.69) is 29.5 Å². The molecule has 88 valence electrons. The minimum Gasteiger partial charge on any atom is -0.316 e. The molecule has 2 atom stereocenters. The number of carbonyl (C=O) groups excluding carboxylic acids is 1. The predicted octanol–water partition coefficient (Wildman–Crippen LogP) is 0.726. The van der Waals surface area contributed by atoms with E-state index in [0.717, 1.165) is 26.1 Å². The Labute approximate surface area is 95.2 Å². The van der Waals surface area contributed by atoms with E-state index in [1.807, 2.05) is 0 Å². The number of ketones is 1. The lowest BCUT2D eigenvalue weighted by atomic mass is 9.92. The topological polar surface area (TPSA) is 59.8 Å². The Morgan fingerprint density at radius 1 is 1.62 bits per heavy atom. The molecule has 1 aromatic heterocycles. The first-order valence-electron chi connectivity index (χ1n) is 5.87. The Kier molecular flexibility index (Phi) is 3.33. The number of hydrogen-bond acceptors (Lipinski definition) is 4. The molecule has 16 heavy (non-hydrogen) atoms. The summed E-state index contributed by atoms with van der Waals surface area (Å²) in [6.45, 7) is 6.63. The summed E-state index contributed by atoms with van der Waals surface area (Å²) in [5, 5.41) is 11.0. The molecule has 0 amide bonds. The molecule has 0 saturated carbocycles. The maximum Gasteiger partial charge on any atom is 0.187 e. The van der Waals surface area contributed by atoms with Crippen LogP contribution in [0, 0.1) is 11.8 Å². The molecule has 1 aliphatic rings. The largest absolute Gasteiger partial charge is 0.316 e. The van der Waals surface area contributed by atoms with E-state index in [0.29, 0.717) is 11.6 Å². The van der Waals surface area contributed by atoms with Crippen LogP contribution in [0.3, 0.4) is 0 Å². The minimum atomic E-state index is 0.0779. The highest BCUT2D eigenvalue weighted by Gasteiger charge is 2.32. The van der Waals surface area contributed by atoms with Crippen LogP contribution in [0.1, 0.15) is 30.8 Å². The van der Waals surface area contributed by atoms with Crippen LogP contribution in [0.4, 0.5) is 0 Å². The second kappa shape index (κ2) is 4.74. The van der Waals surface area contributed by atoms with Crippen molar-refractivity contribution in [2.45, 2.75) is 26.8 Å². The molecule has 0 aromatic carbocycles. The van der Waals surface area contributed by atoms with Crippen molar-refractivity contribution in [1.82, 2.24) is 20.3 Å². The number of rotatable bonds is 4. The number of aromatic nitrogens is 3. The van der Waals surface area contributed by atoms with Crippen LogP contribution in [0.5, 0.6) is 0 Å². The third-order valence-electron chi connectivity index (χ3n) is 3.16. The van der Waals surface area contributed by atoms with Gasteiger partial charge in [0.05, 0.1) is 6.20 Å². The molecule has 1 aromatic rings. The fourth-order valence-electron chi connectivity index (χ4n) is 2.18. The van der Waals surface area contributed by atoms with Gasteiger partial charge >= 0.3 is 0 Å². The molecule has 0 aliphatic carbocycles. The van der Waals surface area contributed by atoms with Crippen molar-refractivity contribution in [2.75, 3.05) is 13.1 Å². The summed E-state index contributed by atoms with van der Waals surface area (Å²) in [5.74, 6) is 0.655. The zero-order valence-electron chi connectivity index (χ0n) is 9.81. The van der Waals surface area contributed by atoms with Gasteiger partial charge in [-0.1, -0.05) is 19.1 Å². The van der Waals surface area contributed by atoms with Gasteiger partial charge in [-0.15, -0.1) is 5.10 Å². The van der Waals surface area contributed by atoms with Crippen LogP contribution >= 0.6 is 0 Å². The molecule has 2 rings (SSSR count). The second-order valence-corrected chi connectivity index (χ2v) is 4.45. The molecule has 2 unspecified atom stereocenters. The zero-order chi connectivity index (χ0) is 11.5. The van der Waals surface area contributed by atoms with E-state index in [4.69, 9.17) is 0 Å². The van der Waals surface area contributed by atoms with Gasteiger partial charge < -0.3 is 5.32 Å². The fraction of sp³-hybridized carbons (Fsp3) is 0.727. The molecule has 2 heterocycles. The van der Waals surface area contributed by atoms with Crippen LogP contribution in [-0.2, 0) is 6.54 Å². The number of hydrogen-bond donors (Lipinski definition) is 1. The first kappa shape index (κ1) is 11.3. The molecule has 1 saturated heterocycles. The van der Waals surface area contributed by atoms with Crippen molar-refractivity contribution in [1.29, 1.82) is 0 Å². The number of carbonyl (C=O) groups is 1. The maximum absolute atomic E-state index is 12.3. The van der Waals surface area contributed by atoms with Gasteiger partial charge in [-0.3, -0.25) is 4.79 Å². The van der Waals surface area contributed by atoms with E-state index in [-0.39, 0.29) is 11.7 Å². The summed E-state index contributed by atoms with van der Waals surface area (Å²) in [6.07, 6.45) is 2.55. The lowest BCUT2D eigenvalue weighted by molar-refractivity contribution is 0.0896. The number of Topliss-reactive ketones (excluding diaryl/α,β-unsaturated/α-hetero) is 1. The highest BCUT2D eigenvalue weighted by Crippen LogP contribution is 2.20. The van der Waals surface area contributed by atoms with Crippen molar-refractivity contribution in [3.63, 3.8) is 0 Å². The van der Waals surface area contributed by atoms with Crippen LogP contribution < -0.4 is 5.32 Å². The van der Waals surface area contributed by atoms with Crippen LogP contribution in [0.15, 0.2) is 6.20 Å². The monoisotopic (exact) mass is 222 g/mol. The standard InChI is InChI=1S/C11H18N4O/c1-3-4-15-10(7-13-14-15)11(16)9-6-12-5-8(9)2/h7-9,12H,3-6H2,1-2H3. The molecule has 1 aliphatic heterocycles. The SMILES string of the molecule is CCCn1nncc1C(=O)C1CNCC1C. The van der Waals surface area contributed by atoms with Crippen LogP contribution in [0.2, 0.25) is 0 Å². The first-order valence-corrected chi connectivity index (χ1v) is 5.87. The molecule has 1 fully saturated rings. The van der Waals surface area contributed by atoms with E-state index < -0.39 is 0 Å². The summed E-state index contributed by atoms with van der Waals surface area (Å²) in [6, 6.07) is 0. The molecule has 0 radical (unpaired) electrons. The fourth-order valence-corrected chi connectivity index (χ4v) is 2.18. The van der Waals surface area contributed by atoms with Gasteiger partial charge in [0.25, 0.3) is 0 Å². The third-order valence-corrected chi connectivity index (χ3v) is 3.16. The summed E-state index contributed by atoms with van der Waals surface area (Å²) < 4.78 is 1.72. The quantitative estimate of drug-likeness (QED) is 0.763. The van der Waals surface area contributed by atoms with Crippen molar-refractivity contribution < 1.29 is 4.79 Å². The Morgan fingerprint density at radius 3 is 3.06 bits per heavy atom. The van der Waals surface area contributed by atoms with E-state index >= 15 is 0 Å². The Balaban J connectivity index is 2.16. The van der Waals surface area contributed by atoms with Gasteiger partial charge in [0.1, 0.15) is 5.69 Å². The van der Waals surface area contributed by atoms with E-state index in [1.54, 1.807) is 10.9 Å². The molecule has 0 bridgehead atoms. The van der Waals surface area contributed by atoms with Gasteiger partial charge in [0.15, 0.2) is 5.78 Å². The number of aryl methyl sites for hydroxylation is 1. The van der Waals surface area contributed by atoms with Crippen molar-refractivity contribution in [3.8, 4) is 0 Å². The molecule has 0 spiro atoms. The van der Waals surface area contributed by atoms with Gasteiger partial charge in [0.2, 0.25) is 0 Å². The molecular weight excluding hydrogens is 204 g/mol. The Hall–Kier alpha value is -1.23. The maximum atomic E-state index is 12.3. The van der Waals surface area contributed by atoms with E-state index in [9.17, 15) is 4.79 Å². The summed E-state index contributed by atoms with van der Waals surface area (Å²) in [4.78, 5) is 12.3. The number of nitrogens with one attached hydrogen (secondary N) is 1. The summed E-state index contributed by atoms with van der Waals surface area (Å²) >= 11 is 0. The molecule has 1 N–H and O–H groups in total. The molecule has 5 heteroatoms. The average molecular weight is 222 g/mol. The molecule has 5 nitrogen and oxygen atoms in total. The summed E-state index contributed by atoms with van der Waals surface area (Å²) in [7, 11) is 0. The van der Waals surface area contributed by atoms with Crippen molar-refractivity contribution in [3.05, 3.63) is 11.9 Å². The van der Waals surface area contributed by atoms with E-state index in [1.165, 1.54) is 0 Å². The van der Waals surface area contributed by atoms with Gasteiger partial charge in [-0.05, 0) is 18.9 Å². The third kappa shape index (κ3) is 2.00. The molecular formula is C11H18N4O. The first-order chi connectivity index (χ1) is 7.74. The Bertz CT molecular complexity index is 374. The van der Waals surface area contributed by atoms with Crippen LogP contribution in [0.25, 0.3) is 0 Å². The Morgan fingerprint density at radius 2 is 2.44 bits per heavy atom. The zero-order valence-corrected chi connectivity index (χ0v) is 9.81. The lowest BCUT2D eigenvalue weighted by Crippen LogP contribution is -2.24. The number of nitrogens with zero attached hydrogens (tertiary/aromatic N) is 3. The predicted molar refractivity (Wildman–Crippen MR) is 60.2 cm³/mol. The van der Waals surface area contributed by atoms with Crippen molar-refractivity contribution in [2.24, 2.45) is 11.8 Å². The van der Waals surface area contributed by atoms with Crippen molar-refractivity contribution >= 4 is 5.78 Å². The normalized spacial score (nSPS) is 24.9. The van der Waals surface area contributed by atoms with Gasteiger partial charge in [0, 0.05) is 19.0 Å². The highest BCUT2D eigenvalue weighted by molar-refractivity contribution is 5.96.